The number of nitrogens with two attached hydrogens (primary N) is 1. The van der Waals surface area contributed by atoms with Crippen LogP contribution in [0.4, 0.5) is 4.79 Å². The third-order valence-corrected chi connectivity index (χ3v) is 3.31. The summed E-state index contributed by atoms with van der Waals surface area (Å²) in [6, 6.07) is 0. The molecule has 0 spiro atoms. The molecule has 118 valence electrons. The molecular weight excluding hydrogens is 258 g/mol. The van der Waals surface area contributed by atoms with Gasteiger partial charge >= 0.3 is 6.09 Å². The van der Waals surface area contributed by atoms with Crippen LogP contribution in [-0.2, 0) is 4.74 Å². The summed E-state index contributed by atoms with van der Waals surface area (Å²) in [6.45, 7) is 10.0. The Morgan fingerprint density at radius 2 is 1.90 bits per heavy atom. The summed E-state index contributed by atoms with van der Waals surface area (Å²) in [5, 5.41) is 9.40. The summed E-state index contributed by atoms with van der Waals surface area (Å²) >= 11 is 0. The lowest BCUT2D eigenvalue weighted by Crippen LogP contribution is -2.50. The summed E-state index contributed by atoms with van der Waals surface area (Å²) in [5.74, 6) is 0. The summed E-state index contributed by atoms with van der Waals surface area (Å²) in [5.41, 5.74) is 4.93. The molecule has 6 nitrogen and oxygen atoms in total. The lowest BCUT2D eigenvalue weighted by molar-refractivity contribution is 0.0142. The maximum Gasteiger partial charge on any atom is 0.410 e. The van der Waals surface area contributed by atoms with Crippen molar-refractivity contribution in [1.82, 2.24) is 9.80 Å². The molecule has 1 unspecified atom stereocenters. The largest absolute Gasteiger partial charge is 0.444 e. The van der Waals surface area contributed by atoms with Gasteiger partial charge in [-0.2, -0.15) is 0 Å². The predicted octanol–water partition coefficient (Wildman–Crippen LogP) is 0.639. The first-order valence-corrected chi connectivity index (χ1v) is 7.40. The van der Waals surface area contributed by atoms with Gasteiger partial charge in [0.1, 0.15) is 5.60 Å². The number of piperazine rings is 1. The average molecular weight is 287 g/mol. The monoisotopic (exact) mass is 287 g/mol. The molecule has 0 bridgehead atoms. The molecular formula is C14H29N3O3. The van der Waals surface area contributed by atoms with Gasteiger partial charge in [-0.3, -0.25) is 4.90 Å². The second-order valence-electron chi connectivity index (χ2n) is 6.34. The number of hydrogen-bond acceptors (Lipinski definition) is 5. The Kier molecular flexibility index (Phi) is 6.71. The molecule has 0 radical (unpaired) electrons. The topological polar surface area (TPSA) is 79.0 Å². The average Bonchev–Trinajstić information content (AvgIpc) is 2.37. The first-order valence-electron chi connectivity index (χ1n) is 7.40. The van der Waals surface area contributed by atoms with Gasteiger partial charge in [-0.15, -0.1) is 0 Å². The fourth-order valence-electron chi connectivity index (χ4n) is 2.15. The van der Waals surface area contributed by atoms with Gasteiger partial charge in [-0.05, 0) is 40.2 Å². The molecule has 0 aromatic heterocycles. The number of aliphatic hydroxyl groups excluding tert-OH is 1. The van der Waals surface area contributed by atoms with Gasteiger partial charge in [0.15, 0.2) is 0 Å². The van der Waals surface area contributed by atoms with Gasteiger partial charge in [-0.1, -0.05) is 0 Å². The van der Waals surface area contributed by atoms with Crippen molar-refractivity contribution >= 4 is 6.09 Å². The molecule has 1 aliphatic heterocycles. The molecule has 0 aliphatic carbocycles. The minimum Gasteiger partial charge on any atom is -0.444 e. The fourth-order valence-corrected chi connectivity index (χ4v) is 2.15. The number of carbonyl (C=O) groups excluding carboxylic acids is 1. The third kappa shape index (κ3) is 6.54. The lowest BCUT2D eigenvalue weighted by Gasteiger charge is -2.35. The third-order valence-electron chi connectivity index (χ3n) is 3.31. The van der Waals surface area contributed by atoms with Crippen LogP contribution in [0.25, 0.3) is 0 Å². The highest BCUT2D eigenvalue weighted by Crippen LogP contribution is 2.12. The van der Waals surface area contributed by atoms with E-state index in [4.69, 9.17) is 10.5 Å². The minimum absolute atomic E-state index is 0.226. The Labute approximate surface area is 121 Å². The minimum atomic E-state index is -0.438. The highest BCUT2D eigenvalue weighted by atomic mass is 16.6. The van der Waals surface area contributed by atoms with E-state index in [1.165, 1.54) is 0 Å². The number of rotatable bonds is 5. The first-order chi connectivity index (χ1) is 9.31. The van der Waals surface area contributed by atoms with Crippen molar-refractivity contribution in [2.24, 2.45) is 5.73 Å². The van der Waals surface area contributed by atoms with Gasteiger partial charge in [0.25, 0.3) is 0 Å². The Hall–Kier alpha value is -0.850. The molecule has 1 amide bonds. The molecule has 1 atom stereocenters. The first kappa shape index (κ1) is 17.2. The zero-order chi connectivity index (χ0) is 15.2. The van der Waals surface area contributed by atoms with Crippen molar-refractivity contribution in [2.75, 3.05) is 39.3 Å². The van der Waals surface area contributed by atoms with Crippen LogP contribution in [0.2, 0.25) is 0 Å². The Morgan fingerprint density at radius 1 is 1.30 bits per heavy atom. The number of aliphatic hydroxyl groups is 1. The van der Waals surface area contributed by atoms with Crippen LogP contribution in [-0.4, -0.2) is 72.0 Å². The fraction of sp³-hybridized carbons (Fsp3) is 0.929. The highest BCUT2D eigenvalue weighted by Gasteiger charge is 2.25. The van der Waals surface area contributed by atoms with Gasteiger partial charge in [-0.25, -0.2) is 4.79 Å². The number of carbonyl (C=O) groups is 1. The summed E-state index contributed by atoms with van der Waals surface area (Å²) < 4.78 is 5.36. The maximum absolute atomic E-state index is 11.9. The van der Waals surface area contributed by atoms with Crippen LogP contribution in [0.5, 0.6) is 0 Å². The van der Waals surface area contributed by atoms with Gasteiger partial charge in [0.2, 0.25) is 0 Å². The molecule has 20 heavy (non-hydrogen) atoms. The molecule has 3 N–H and O–H groups in total. The standard InChI is InChI=1S/C14H29N3O3/c1-14(2,3)20-13(19)17-9-7-16(8-10-17)6-4-5-12(18)11-15/h12,18H,4-11,15H2,1-3H3. The molecule has 0 aromatic carbocycles. The maximum atomic E-state index is 11.9. The number of ether oxygens (including phenoxy) is 1. The van der Waals surface area contributed by atoms with Crippen molar-refractivity contribution in [3.8, 4) is 0 Å². The number of hydrogen-bond donors (Lipinski definition) is 2. The molecule has 6 heteroatoms. The lowest BCUT2D eigenvalue weighted by atomic mass is 10.2. The van der Waals surface area contributed by atoms with Crippen LogP contribution in [0.3, 0.4) is 0 Å². The van der Waals surface area contributed by atoms with Crippen LogP contribution in [0.1, 0.15) is 33.6 Å². The van der Waals surface area contributed by atoms with E-state index in [1.807, 2.05) is 20.8 Å². The normalized spacial score (nSPS) is 18.9. The van der Waals surface area contributed by atoms with E-state index in [9.17, 15) is 9.90 Å². The van der Waals surface area contributed by atoms with Crippen LogP contribution in [0.15, 0.2) is 0 Å². The molecule has 1 aliphatic rings. The molecule has 1 saturated heterocycles. The van der Waals surface area contributed by atoms with Crippen molar-refractivity contribution in [3.05, 3.63) is 0 Å². The zero-order valence-corrected chi connectivity index (χ0v) is 13.0. The van der Waals surface area contributed by atoms with E-state index in [1.54, 1.807) is 4.90 Å². The van der Waals surface area contributed by atoms with E-state index in [0.29, 0.717) is 19.6 Å². The summed E-state index contributed by atoms with van der Waals surface area (Å²) in [4.78, 5) is 16.0. The van der Waals surface area contributed by atoms with Crippen molar-refractivity contribution < 1.29 is 14.6 Å². The van der Waals surface area contributed by atoms with E-state index in [0.717, 1.165) is 32.5 Å². The van der Waals surface area contributed by atoms with Crippen molar-refractivity contribution in [2.45, 2.75) is 45.3 Å². The molecule has 1 rings (SSSR count). The molecule has 1 heterocycles. The predicted molar refractivity (Wildman–Crippen MR) is 78.5 cm³/mol. The highest BCUT2D eigenvalue weighted by molar-refractivity contribution is 5.68. The van der Waals surface area contributed by atoms with Crippen LogP contribution >= 0.6 is 0 Å². The number of nitrogens with zero attached hydrogens (tertiary/aromatic N) is 2. The molecule has 0 aromatic rings. The smallest absolute Gasteiger partial charge is 0.410 e. The Balaban J connectivity index is 2.21. The summed E-state index contributed by atoms with van der Waals surface area (Å²) in [6.07, 6.45) is 1.06. The van der Waals surface area contributed by atoms with Gasteiger partial charge in [0, 0.05) is 32.7 Å². The van der Waals surface area contributed by atoms with Crippen LogP contribution in [0, 0.1) is 0 Å². The van der Waals surface area contributed by atoms with E-state index in [-0.39, 0.29) is 6.09 Å². The van der Waals surface area contributed by atoms with E-state index >= 15 is 0 Å². The second-order valence-corrected chi connectivity index (χ2v) is 6.34. The quantitative estimate of drug-likeness (QED) is 0.776. The van der Waals surface area contributed by atoms with Gasteiger partial charge in [0.05, 0.1) is 6.10 Å². The Bertz CT molecular complexity index is 297. The van der Waals surface area contributed by atoms with E-state index < -0.39 is 11.7 Å². The Morgan fingerprint density at radius 3 is 2.40 bits per heavy atom. The van der Waals surface area contributed by atoms with Crippen molar-refractivity contribution in [1.29, 1.82) is 0 Å². The zero-order valence-electron chi connectivity index (χ0n) is 13.0. The van der Waals surface area contributed by atoms with Gasteiger partial charge < -0.3 is 20.5 Å². The van der Waals surface area contributed by atoms with E-state index in [2.05, 4.69) is 4.90 Å². The van der Waals surface area contributed by atoms with Crippen LogP contribution < -0.4 is 5.73 Å². The van der Waals surface area contributed by atoms with Crippen molar-refractivity contribution in [3.63, 3.8) is 0 Å². The number of amides is 1. The SMILES string of the molecule is CC(C)(C)OC(=O)N1CCN(CCCC(O)CN)CC1. The molecule has 1 fully saturated rings. The summed E-state index contributed by atoms with van der Waals surface area (Å²) in [7, 11) is 0. The second kappa shape index (κ2) is 7.81. The molecule has 0 saturated carbocycles.